The number of aliphatic hydroxyl groups excluding tert-OH is 1. The van der Waals surface area contributed by atoms with Crippen molar-refractivity contribution in [2.45, 2.75) is 26.9 Å². The van der Waals surface area contributed by atoms with E-state index in [-0.39, 0.29) is 12.7 Å². The number of ether oxygens (including phenoxy) is 2. The summed E-state index contributed by atoms with van der Waals surface area (Å²) in [5.41, 5.74) is 0. The zero-order valence-electron chi connectivity index (χ0n) is 8.25. The van der Waals surface area contributed by atoms with E-state index < -0.39 is 0 Å². The van der Waals surface area contributed by atoms with Gasteiger partial charge >= 0.3 is 0 Å². The van der Waals surface area contributed by atoms with Gasteiger partial charge in [0.2, 0.25) is 0 Å². The van der Waals surface area contributed by atoms with Crippen LogP contribution in [0.25, 0.3) is 0 Å². The molecule has 74 valence electrons. The van der Waals surface area contributed by atoms with Gasteiger partial charge in [0.05, 0.1) is 13.2 Å². The van der Waals surface area contributed by atoms with E-state index in [4.69, 9.17) is 14.6 Å². The number of aliphatic hydroxyl groups is 1. The second kappa shape index (κ2) is 7.53. The first-order valence-electron chi connectivity index (χ1n) is 4.50. The second-order valence-electron chi connectivity index (χ2n) is 3.19. The summed E-state index contributed by atoms with van der Waals surface area (Å²) in [5.74, 6) is 0.501. The summed E-state index contributed by atoms with van der Waals surface area (Å²) in [6, 6.07) is 0. The molecule has 1 N–H and O–H groups in total. The van der Waals surface area contributed by atoms with Crippen LogP contribution in [0, 0.1) is 5.92 Å². The van der Waals surface area contributed by atoms with Crippen LogP contribution in [-0.4, -0.2) is 37.6 Å². The van der Waals surface area contributed by atoms with Gasteiger partial charge in [0.1, 0.15) is 6.10 Å². The van der Waals surface area contributed by atoms with E-state index in [1.807, 2.05) is 6.92 Å². The number of hydrogen-bond donors (Lipinski definition) is 1. The normalized spacial score (nSPS) is 13.8. The molecule has 12 heavy (non-hydrogen) atoms. The molecule has 0 bridgehead atoms. The van der Waals surface area contributed by atoms with E-state index in [9.17, 15) is 0 Å². The van der Waals surface area contributed by atoms with Gasteiger partial charge in [-0.3, -0.25) is 0 Å². The van der Waals surface area contributed by atoms with Crippen molar-refractivity contribution in [3.63, 3.8) is 0 Å². The second-order valence-corrected chi connectivity index (χ2v) is 3.19. The van der Waals surface area contributed by atoms with E-state index in [1.54, 1.807) is 0 Å². The monoisotopic (exact) mass is 176 g/mol. The van der Waals surface area contributed by atoms with E-state index in [0.717, 1.165) is 0 Å². The molecule has 0 aliphatic carbocycles. The highest BCUT2D eigenvalue weighted by atomic mass is 16.5. The maximum Gasteiger partial charge on any atom is 0.104 e. The third-order valence-electron chi connectivity index (χ3n) is 1.38. The molecule has 0 aromatic heterocycles. The molecule has 0 saturated heterocycles. The fraction of sp³-hybridized carbons (Fsp3) is 1.00. The molecule has 0 heterocycles. The SMILES string of the molecule is CCOCC(CO)OCC(C)C. The molecule has 0 amide bonds. The zero-order valence-corrected chi connectivity index (χ0v) is 8.25. The Morgan fingerprint density at radius 2 is 1.92 bits per heavy atom. The highest BCUT2D eigenvalue weighted by molar-refractivity contribution is 4.54. The summed E-state index contributed by atoms with van der Waals surface area (Å²) < 4.78 is 10.5. The Morgan fingerprint density at radius 1 is 1.25 bits per heavy atom. The molecule has 1 unspecified atom stereocenters. The van der Waals surface area contributed by atoms with Crippen LogP contribution in [0.2, 0.25) is 0 Å². The molecule has 1 atom stereocenters. The van der Waals surface area contributed by atoms with Gasteiger partial charge in [-0.2, -0.15) is 0 Å². The molecule has 3 heteroatoms. The first-order chi connectivity index (χ1) is 5.70. The maximum atomic E-state index is 8.86. The fourth-order valence-corrected chi connectivity index (χ4v) is 0.731. The lowest BCUT2D eigenvalue weighted by Crippen LogP contribution is -2.25. The van der Waals surface area contributed by atoms with Gasteiger partial charge in [0, 0.05) is 13.2 Å². The minimum atomic E-state index is -0.160. The van der Waals surface area contributed by atoms with Crippen molar-refractivity contribution in [2.75, 3.05) is 26.4 Å². The maximum absolute atomic E-state index is 8.86. The Morgan fingerprint density at radius 3 is 2.33 bits per heavy atom. The third kappa shape index (κ3) is 6.58. The van der Waals surface area contributed by atoms with Crippen molar-refractivity contribution >= 4 is 0 Å². The summed E-state index contributed by atoms with van der Waals surface area (Å²) >= 11 is 0. The molecule has 0 aromatic carbocycles. The first kappa shape index (κ1) is 11.9. The molecule has 0 aromatic rings. The third-order valence-corrected chi connectivity index (χ3v) is 1.38. The molecule has 0 fully saturated rings. The van der Waals surface area contributed by atoms with E-state index in [2.05, 4.69) is 13.8 Å². The summed E-state index contributed by atoms with van der Waals surface area (Å²) in [6.07, 6.45) is -0.160. The van der Waals surface area contributed by atoms with Crippen LogP contribution in [0.5, 0.6) is 0 Å². The predicted molar refractivity (Wildman–Crippen MR) is 48.2 cm³/mol. The Bertz CT molecular complexity index is 93.8. The largest absolute Gasteiger partial charge is 0.394 e. The van der Waals surface area contributed by atoms with Gasteiger partial charge in [-0.1, -0.05) is 13.8 Å². The van der Waals surface area contributed by atoms with Gasteiger partial charge in [0.15, 0.2) is 0 Å². The molecule has 3 nitrogen and oxygen atoms in total. The molecule has 0 aliphatic heterocycles. The fourth-order valence-electron chi connectivity index (χ4n) is 0.731. The number of rotatable bonds is 7. The van der Waals surface area contributed by atoms with Crippen LogP contribution in [-0.2, 0) is 9.47 Å². The minimum Gasteiger partial charge on any atom is -0.394 e. The molecule has 0 radical (unpaired) electrons. The smallest absolute Gasteiger partial charge is 0.104 e. The lowest BCUT2D eigenvalue weighted by Gasteiger charge is -2.16. The van der Waals surface area contributed by atoms with Crippen LogP contribution >= 0.6 is 0 Å². The summed E-state index contributed by atoms with van der Waals surface area (Å²) in [5, 5.41) is 8.86. The Kier molecular flexibility index (Phi) is 7.45. The topological polar surface area (TPSA) is 38.7 Å². The Hall–Kier alpha value is -0.120. The minimum absolute atomic E-state index is 0.0344. The van der Waals surface area contributed by atoms with Crippen LogP contribution in [0.1, 0.15) is 20.8 Å². The van der Waals surface area contributed by atoms with Gasteiger partial charge in [-0.15, -0.1) is 0 Å². The summed E-state index contributed by atoms with van der Waals surface area (Å²) in [6.45, 7) is 7.95. The molecule has 0 aliphatic rings. The van der Waals surface area contributed by atoms with E-state index in [0.29, 0.717) is 25.7 Å². The molecular formula is C9H20O3. The highest BCUT2D eigenvalue weighted by Gasteiger charge is 2.07. The van der Waals surface area contributed by atoms with Gasteiger partial charge in [-0.05, 0) is 12.8 Å². The van der Waals surface area contributed by atoms with E-state index in [1.165, 1.54) is 0 Å². The lowest BCUT2D eigenvalue weighted by molar-refractivity contribution is -0.0479. The van der Waals surface area contributed by atoms with Crippen molar-refractivity contribution in [3.8, 4) is 0 Å². The first-order valence-corrected chi connectivity index (χ1v) is 4.50. The lowest BCUT2D eigenvalue weighted by atomic mass is 10.2. The van der Waals surface area contributed by atoms with Crippen LogP contribution in [0.3, 0.4) is 0 Å². The van der Waals surface area contributed by atoms with Crippen molar-refractivity contribution < 1.29 is 14.6 Å². The quantitative estimate of drug-likeness (QED) is 0.630. The van der Waals surface area contributed by atoms with E-state index >= 15 is 0 Å². The van der Waals surface area contributed by atoms with Gasteiger partial charge in [-0.25, -0.2) is 0 Å². The average molecular weight is 176 g/mol. The molecule has 0 saturated carbocycles. The van der Waals surface area contributed by atoms with Crippen LogP contribution in [0.15, 0.2) is 0 Å². The Balaban J connectivity index is 3.39. The van der Waals surface area contributed by atoms with Crippen molar-refractivity contribution in [1.82, 2.24) is 0 Å². The predicted octanol–water partition coefficient (Wildman–Crippen LogP) is 1.06. The highest BCUT2D eigenvalue weighted by Crippen LogP contribution is 1.98. The zero-order chi connectivity index (χ0) is 9.40. The van der Waals surface area contributed by atoms with Crippen molar-refractivity contribution in [3.05, 3.63) is 0 Å². The van der Waals surface area contributed by atoms with Crippen LogP contribution < -0.4 is 0 Å². The molecule has 0 spiro atoms. The van der Waals surface area contributed by atoms with Crippen molar-refractivity contribution in [1.29, 1.82) is 0 Å². The summed E-state index contributed by atoms with van der Waals surface area (Å²) in [7, 11) is 0. The van der Waals surface area contributed by atoms with Gasteiger partial charge < -0.3 is 14.6 Å². The Labute approximate surface area is 74.7 Å². The number of hydrogen-bond acceptors (Lipinski definition) is 3. The molecular weight excluding hydrogens is 156 g/mol. The van der Waals surface area contributed by atoms with Gasteiger partial charge in [0.25, 0.3) is 0 Å². The van der Waals surface area contributed by atoms with Crippen molar-refractivity contribution in [2.24, 2.45) is 5.92 Å². The standard InChI is InChI=1S/C9H20O3/c1-4-11-7-9(5-10)12-6-8(2)3/h8-10H,4-7H2,1-3H3. The summed E-state index contributed by atoms with van der Waals surface area (Å²) in [4.78, 5) is 0. The average Bonchev–Trinajstić information content (AvgIpc) is 2.05. The van der Waals surface area contributed by atoms with Crippen LogP contribution in [0.4, 0.5) is 0 Å². The molecule has 0 rings (SSSR count).